The molecule has 1 aromatic carbocycles. The van der Waals surface area contributed by atoms with E-state index >= 15 is 0 Å². The van der Waals surface area contributed by atoms with Gasteiger partial charge in [0.1, 0.15) is 0 Å². The minimum absolute atomic E-state index is 0.0365. The van der Waals surface area contributed by atoms with Crippen molar-refractivity contribution in [2.45, 2.75) is 45.6 Å². The molecule has 0 saturated carbocycles. The van der Waals surface area contributed by atoms with Crippen LogP contribution in [-0.4, -0.2) is 28.9 Å². The average molecular weight is 343 g/mol. The standard InChI is InChI=1S/C19H25N3OS/c1-15-5-7-16(8-6-15)9-10-18(23)21-19-20-17(14-24-19)13-22-11-3-2-4-12-22/h5-8,14H,2-4,9-13H2,1H3,(H,20,21,23). The molecule has 2 aromatic rings. The van der Waals surface area contributed by atoms with Gasteiger partial charge in [-0.1, -0.05) is 36.2 Å². The largest absolute Gasteiger partial charge is 0.302 e. The SMILES string of the molecule is Cc1ccc(CCC(=O)Nc2nc(CN3CCCCC3)cs2)cc1. The Morgan fingerprint density at radius 1 is 1.21 bits per heavy atom. The number of carbonyl (C=O) groups excluding carboxylic acids is 1. The molecule has 1 amide bonds. The molecule has 1 aliphatic heterocycles. The van der Waals surface area contributed by atoms with Crippen LogP contribution in [-0.2, 0) is 17.8 Å². The quantitative estimate of drug-likeness (QED) is 0.862. The molecule has 3 rings (SSSR count). The maximum Gasteiger partial charge on any atom is 0.226 e. The van der Waals surface area contributed by atoms with E-state index in [1.54, 1.807) is 0 Å². The summed E-state index contributed by atoms with van der Waals surface area (Å²) in [7, 11) is 0. The number of amides is 1. The smallest absolute Gasteiger partial charge is 0.226 e. The van der Waals surface area contributed by atoms with Gasteiger partial charge in [-0.2, -0.15) is 0 Å². The van der Waals surface area contributed by atoms with Crippen LogP contribution in [0, 0.1) is 6.92 Å². The van der Waals surface area contributed by atoms with E-state index < -0.39 is 0 Å². The van der Waals surface area contributed by atoms with Crippen LogP contribution in [0.3, 0.4) is 0 Å². The molecule has 0 unspecified atom stereocenters. The molecule has 5 heteroatoms. The molecule has 1 saturated heterocycles. The first-order valence-corrected chi connectivity index (χ1v) is 9.59. The number of carbonyl (C=O) groups is 1. The first kappa shape index (κ1) is 17.1. The third-order valence-corrected chi connectivity index (χ3v) is 5.20. The monoisotopic (exact) mass is 343 g/mol. The summed E-state index contributed by atoms with van der Waals surface area (Å²) in [5.74, 6) is 0.0365. The molecule has 0 spiro atoms. The topological polar surface area (TPSA) is 45.2 Å². The van der Waals surface area contributed by atoms with E-state index in [0.29, 0.717) is 6.42 Å². The van der Waals surface area contributed by atoms with E-state index in [1.807, 2.05) is 0 Å². The number of benzene rings is 1. The Kier molecular flexibility index (Phi) is 5.99. The highest BCUT2D eigenvalue weighted by molar-refractivity contribution is 7.13. The van der Waals surface area contributed by atoms with E-state index in [0.717, 1.165) is 36.9 Å². The maximum atomic E-state index is 12.1. The fourth-order valence-corrected chi connectivity index (χ4v) is 3.70. The van der Waals surface area contributed by atoms with E-state index in [-0.39, 0.29) is 5.91 Å². The number of likely N-dealkylation sites (tertiary alicyclic amines) is 1. The predicted octanol–water partition coefficient (Wildman–Crippen LogP) is 4.01. The summed E-state index contributed by atoms with van der Waals surface area (Å²) >= 11 is 1.52. The Labute approximate surface area is 147 Å². The fraction of sp³-hybridized carbons (Fsp3) is 0.474. The van der Waals surface area contributed by atoms with E-state index in [1.165, 1.54) is 41.7 Å². The lowest BCUT2D eigenvalue weighted by atomic mass is 10.1. The number of hydrogen-bond donors (Lipinski definition) is 1. The van der Waals surface area contributed by atoms with Crippen molar-refractivity contribution in [1.82, 2.24) is 9.88 Å². The van der Waals surface area contributed by atoms with Crippen molar-refractivity contribution < 1.29 is 4.79 Å². The number of nitrogens with one attached hydrogen (secondary N) is 1. The van der Waals surface area contributed by atoms with Crippen LogP contribution in [0.2, 0.25) is 0 Å². The molecule has 0 bridgehead atoms. The second-order valence-corrected chi connectivity index (χ2v) is 7.37. The number of nitrogens with zero attached hydrogens (tertiary/aromatic N) is 2. The average Bonchev–Trinajstić information content (AvgIpc) is 3.02. The summed E-state index contributed by atoms with van der Waals surface area (Å²) in [6, 6.07) is 8.34. The summed E-state index contributed by atoms with van der Waals surface area (Å²) < 4.78 is 0. The second kappa shape index (κ2) is 8.40. The number of hydrogen-bond acceptors (Lipinski definition) is 4. The second-order valence-electron chi connectivity index (χ2n) is 6.51. The van der Waals surface area contributed by atoms with Gasteiger partial charge in [-0.3, -0.25) is 9.69 Å². The molecule has 0 radical (unpaired) electrons. The van der Waals surface area contributed by atoms with E-state index in [4.69, 9.17) is 0 Å². The number of piperidine rings is 1. The van der Waals surface area contributed by atoms with Crippen molar-refractivity contribution in [3.63, 3.8) is 0 Å². The van der Waals surface area contributed by atoms with Crippen LogP contribution in [0.5, 0.6) is 0 Å². The fourth-order valence-electron chi connectivity index (χ4n) is 2.98. The molecular weight excluding hydrogens is 318 g/mol. The van der Waals surface area contributed by atoms with Gasteiger partial charge in [0.25, 0.3) is 0 Å². The van der Waals surface area contributed by atoms with Crippen LogP contribution in [0.25, 0.3) is 0 Å². The zero-order chi connectivity index (χ0) is 16.8. The molecular formula is C19H25N3OS. The van der Waals surface area contributed by atoms with E-state index in [9.17, 15) is 4.79 Å². The molecule has 0 aliphatic carbocycles. The number of anilines is 1. The summed E-state index contributed by atoms with van der Waals surface area (Å²) in [5.41, 5.74) is 3.50. The Hall–Kier alpha value is -1.72. The number of rotatable bonds is 6. The third kappa shape index (κ3) is 5.14. The molecule has 1 aromatic heterocycles. The lowest BCUT2D eigenvalue weighted by Gasteiger charge is -2.25. The summed E-state index contributed by atoms with van der Waals surface area (Å²) in [4.78, 5) is 19.1. The van der Waals surface area contributed by atoms with Crippen LogP contribution in [0.4, 0.5) is 5.13 Å². The maximum absolute atomic E-state index is 12.1. The summed E-state index contributed by atoms with van der Waals surface area (Å²) in [6.45, 7) is 5.29. The lowest BCUT2D eigenvalue weighted by molar-refractivity contribution is -0.116. The summed E-state index contributed by atoms with van der Waals surface area (Å²) in [6.07, 6.45) is 5.16. The normalized spacial score (nSPS) is 15.4. The Morgan fingerprint density at radius 3 is 2.71 bits per heavy atom. The number of aryl methyl sites for hydroxylation is 2. The van der Waals surface area contributed by atoms with Gasteiger partial charge in [0.15, 0.2) is 5.13 Å². The molecule has 24 heavy (non-hydrogen) atoms. The molecule has 4 nitrogen and oxygen atoms in total. The lowest BCUT2D eigenvalue weighted by Crippen LogP contribution is -2.29. The number of thiazole rings is 1. The molecule has 1 aliphatic rings. The van der Waals surface area contributed by atoms with Crippen molar-refractivity contribution in [3.8, 4) is 0 Å². The van der Waals surface area contributed by atoms with E-state index in [2.05, 4.69) is 51.8 Å². The molecule has 0 atom stereocenters. The third-order valence-electron chi connectivity index (χ3n) is 4.39. The zero-order valence-corrected chi connectivity index (χ0v) is 15.1. The van der Waals surface area contributed by atoms with Gasteiger partial charge in [-0.15, -0.1) is 11.3 Å². The molecule has 128 valence electrons. The Morgan fingerprint density at radius 2 is 1.96 bits per heavy atom. The van der Waals surface area contributed by atoms with Gasteiger partial charge < -0.3 is 5.32 Å². The van der Waals surface area contributed by atoms with Crippen LogP contribution < -0.4 is 5.32 Å². The molecule has 2 heterocycles. The predicted molar refractivity (Wildman–Crippen MR) is 99.4 cm³/mol. The van der Waals surface area contributed by atoms with Crippen LogP contribution >= 0.6 is 11.3 Å². The van der Waals surface area contributed by atoms with Crippen molar-refractivity contribution in [3.05, 3.63) is 46.5 Å². The Balaban J connectivity index is 1.45. The minimum atomic E-state index is 0.0365. The molecule has 1 N–H and O–H groups in total. The highest BCUT2D eigenvalue weighted by Gasteiger charge is 2.13. The Bertz CT molecular complexity index is 660. The highest BCUT2D eigenvalue weighted by Crippen LogP contribution is 2.19. The number of aromatic nitrogens is 1. The first-order valence-electron chi connectivity index (χ1n) is 8.71. The first-order chi connectivity index (χ1) is 11.7. The van der Waals surface area contributed by atoms with Gasteiger partial charge in [-0.05, 0) is 44.8 Å². The van der Waals surface area contributed by atoms with Crippen LogP contribution in [0.15, 0.2) is 29.6 Å². The molecule has 1 fully saturated rings. The van der Waals surface area contributed by atoms with Crippen molar-refractivity contribution in [1.29, 1.82) is 0 Å². The van der Waals surface area contributed by atoms with Crippen molar-refractivity contribution >= 4 is 22.4 Å². The van der Waals surface area contributed by atoms with Gasteiger partial charge in [-0.25, -0.2) is 4.98 Å². The van der Waals surface area contributed by atoms with Gasteiger partial charge in [0.2, 0.25) is 5.91 Å². The summed E-state index contributed by atoms with van der Waals surface area (Å²) in [5, 5.41) is 5.71. The minimum Gasteiger partial charge on any atom is -0.302 e. The van der Waals surface area contributed by atoms with Gasteiger partial charge >= 0.3 is 0 Å². The van der Waals surface area contributed by atoms with Crippen molar-refractivity contribution in [2.24, 2.45) is 0 Å². The van der Waals surface area contributed by atoms with Gasteiger partial charge in [0, 0.05) is 18.3 Å². The van der Waals surface area contributed by atoms with Gasteiger partial charge in [0.05, 0.1) is 5.69 Å². The van der Waals surface area contributed by atoms with Crippen LogP contribution in [0.1, 0.15) is 42.5 Å². The van der Waals surface area contributed by atoms with Crippen molar-refractivity contribution in [2.75, 3.05) is 18.4 Å². The highest BCUT2D eigenvalue weighted by atomic mass is 32.1. The zero-order valence-electron chi connectivity index (χ0n) is 14.3.